The summed E-state index contributed by atoms with van der Waals surface area (Å²) < 4.78 is 25.8. The second-order valence-electron chi connectivity index (χ2n) is 5.07. The molecule has 16 heavy (non-hydrogen) atoms. The number of rotatable bonds is 5. The van der Waals surface area contributed by atoms with Crippen LogP contribution in [0.2, 0.25) is 0 Å². The maximum absolute atomic E-state index is 12.1. The minimum absolute atomic E-state index is 0.0615. The zero-order chi connectivity index (χ0) is 12.3. The fourth-order valence-electron chi connectivity index (χ4n) is 1.94. The van der Waals surface area contributed by atoms with E-state index in [1.807, 2.05) is 20.8 Å². The van der Waals surface area contributed by atoms with E-state index < -0.39 is 10.0 Å². The average molecular weight is 248 g/mol. The first-order valence-electron chi connectivity index (χ1n) is 6.03. The van der Waals surface area contributed by atoms with Gasteiger partial charge in [-0.1, -0.05) is 13.8 Å². The lowest BCUT2D eigenvalue weighted by molar-refractivity contribution is 0.314. The average Bonchev–Trinajstić information content (AvgIpc) is 2.67. The fourth-order valence-corrected chi connectivity index (χ4v) is 3.72. The lowest BCUT2D eigenvalue weighted by atomic mass is 10.1. The largest absolute Gasteiger partial charge is 0.313 e. The quantitative estimate of drug-likeness (QED) is 0.791. The van der Waals surface area contributed by atoms with Crippen LogP contribution in [-0.2, 0) is 10.0 Å². The molecule has 96 valence electrons. The molecule has 0 bridgehead atoms. The van der Waals surface area contributed by atoms with Gasteiger partial charge >= 0.3 is 0 Å². The summed E-state index contributed by atoms with van der Waals surface area (Å²) in [6.45, 7) is 7.00. The smallest absolute Gasteiger partial charge is 0.215 e. The van der Waals surface area contributed by atoms with Gasteiger partial charge in [0.1, 0.15) is 0 Å². The summed E-state index contributed by atoms with van der Waals surface area (Å²) in [5.41, 5.74) is 0. The van der Waals surface area contributed by atoms with Crippen LogP contribution >= 0.6 is 0 Å². The van der Waals surface area contributed by atoms with Gasteiger partial charge in [0, 0.05) is 19.1 Å². The maximum Gasteiger partial charge on any atom is 0.215 e. The molecule has 1 heterocycles. The van der Waals surface area contributed by atoms with Gasteiger partial charge in [0.25, 0.3) is 0 Å². The lowest BCUT2D eigenvalue weighted by Crippen LogP contribution is -2.43. The Morgan fingerprint density at radius 1 is 1.38 bits per heavy atom. The van der Waals surface area contributed by atoms with Crippen LogP contribution in [0.3, 0.4) is 0 Å². The molecule has 1 N–H and O–H groups in total. The predicted octanol–water partition coefficient (Wildman–Crippen LogP) is 1.04. The van der Waals surface area contributed by atoms with Gasteiger partial charge in [-0.25, -0.2) is 12.7 Å². The van der Waals surface area contributed by atoms with E-state index in [2.05, 4.69) is 5.32 Å². The first-order valence-corrected chi connectivity index (χ1v) is 7.64. The Hall–Kier alpha value is -0.130. The maximum atomic E-state index is 12.1. The van der Waals surface area contributed by atoms with Crippen molar-refractivity contribution in [2.24, 2.45) is 5.92 Å². The van der Waals surface area contributed by atoms with Crippen LogP contribution in [0, 0.1) is 5.92 Å². The highest BCUT2D eigenvalue weighted by Gasteiger charge is 2.29. The molecule has 0 amide bonds. The van der Waals surface area contributed by atoms with Crippen molar-refractivity contribution < 1.29 is 8.42 Å². The Morgan fingerprint density at radius 3 is 2.44 bits per heavy atom. The molecule has 4 nitrogen and oxygen atoms in total. The van der Waals surface area contributed by atoms with Gasteiger partial charge in [-0.3, -0.25) is 0 Å². The summed E-state index contributed by atoms with van der Waals surface area (Å²) in [7, 11) is -1.43. The predicted molar refractivity (Wildman–Crippen MR) is 66.9 cm³/mol. The van der Waals surface area contributed by atoms with Crippen molar-refractivity contribution in [3.8, 4) is 0 Å². The number of sulfonamides is 1. The molecule has 0 spiro atoms. The highest BCUT2D eigenvalue weighted by molar-refractivity contribution is 7.89. The third kappa shape index (κ3) is 3.43. The summed E-state index contributed by atoms with van der Waals surface area (Å²) in [6.07, 6.45) is 2.06. The molecular weight excluding hydrogens is 224 g/mol. The van der Waals surface area contributed by atoms with Crippen molar-refractivity contribution in [2.75, 3.05) is 19.3 Å². The first-order chi connectivity index (χ1) is 7.34. The van der Waals surface area contributed by atoms with Gasteiger partial charge < -0.3 is 5.32 Å². The van der Waals surface area contributed by atoms with Crippen molar-refractivity contribution in [2.45, 2.75) is 45.7 Å². The summed E-state index contributed by atoms with van der Waals surface area (Å²) in [4.78, 5) is 0. The van der Waals surface area contributed by atoms with Crippen molar-refractivity contribution in [1.82, 2.24) is 9.62 Å². The van der Waals surface area contributed by atoms with E-state index in [9.17, 15) is 8.42 Å². The number of nitrogens with one attached hydrogen (secondary N) is 1. The summed E-state index contributed by atoms with van der Waals surface area (Å²) in [6, 6.07) is 0.207. The van der Waals surface area contributed by atoms with E-state index >= 15 is 0 Å². The van der Waals surface area contributed by atoms with Gasteiger partial charge in [0.2, 0.25) is 10.0 Å². The minimum atomic E-state index is -3.12. The second-order valence-corrected chi connectivity index (χ2v) is 7.15. The SMILES string of the molecule is CC(C)C(C)N(C)S(=O)(=O)CC1CCCN1. The van der Waals surface area contributed by atoms with Crippen molar-refractivity contribution in [3.05, 3.63) is 0 Å². The van der Waals surface area contributed by atoms with E-state index in [4.69, 9.17) is 0 Å². The van der Waals surface area contributed by atoms with Crippen LogP contribution in [0.25, 0.3) is 0 Å². The zero-order valence-corrected chi connectivity index (χ0v) is 11.5. The van der Waals surface area contributed by atoms with Crippen LogP contribution in [0.1, 0.15) is 33.6 Å². The summed E-state index contributed by atoms with van der Waals surface area (Å²) in [5, 5.41) is 3.23. The molecule has 2 atom stereocenters. The van der Waals surface area contributed by atoms with Crippen LogP contribution in [-0.4, -0.2) is 44.2 Å². The zero-order valence-electron chi connectivity index (χ0n) is 10.7. The molecular formula is C11H24N2O2S. The molecule has 0 radical (unpaired) electrons. The normalized spacial score (nSPS) is 24.2. The Kier molecular flexibility index (Phi) is 4.76. The molecule has 0 aromatic rings. The van der Waals surface area contributed by atoms with E-state index in [-0.39, 0.29) is 17.8 Å². The molecule has 1 saturated heterocycles. The summed E-state index contributed by atoms with van der Waals surface area (Å²) >= 11 is 0. The van der Waals surface area contributed by atoms with Crippen LogP contribution in [0.15, 0.2) is 0 Å². The van der Waals surface area contributed by atoms with E-state index in [1.165, 1.54) is 4.31 Å². The van der Waals surface area contributed by atoms with Gasteiger partial charge in [0.15, 0.2) is 0 Å². The van der Waals surface area contributed by atoms with Gasteiger partial charge in [-0.05, 0) is 32.2 Å². The van der Waals surface area contributed by atoms with Gasteiger partial charge in [-0.2, -0.15) is 0 Å². The number of nitrogens with zero attached hydrogens (tertiary/aromatic N) is 1. The molecule has 0 aromatic heterocycles. The molecule has 1 aliphatic rings. The number of hydrogen-bond acceptors (Lipinski definition) is 3. The standard InChI is InChI=1S/C11H24N2O2S/c1-9(2)10(3)13(4)16(14,15)8-11-6-5-7-12-11/h9-12H,5-8H2,1-4H3. The van der Waals surface area contributed by atoms with Crippen LogP contribution in [0.4, 0.5) is 0 Å². The lowest BCUT2D eigenvalue weighted by Gasteiger charge is -2.28. The molecule has 5 heteroatoms. The van der Waals surface area contributed by atoms with Crippen LogP contribution < -0.4 is 5.32 Å². The molecule has 1 aliphatic heterocycles. The molecule has 0 saturated carbocycles. The van der Waals surface area contributed by atoms with E-state index in [0.29, 0.717) is 5.92 Å². The highest BCUT2D eigenvalue weighted by atomic mass is 32.2. The van der Waals surface area contributed by atoms with Crippen molar-refractivity contribution in [1.29, 1.82) is 0 Å². The Morgan fingerprint density at radius 2 is 2.00 bits per heavy atom. The molecule has 1 fully saturated rings. The van der Waals surface area contributed by atoms with E-state index in [1.54, 1.807) is 7.05 Å². The van der Waals surface area contributed by atoms with Crippen molar-refractivity contribution >= 4 is 10.0 Å². The Bertz CT molecular complexity index is 308. The number of hydrogen-bond donors (Lipinski definition) is 1. The van der Waals surface area contributed by atoms with Gasteiger partial charge in [-0.15, -0.1) is 0 Å². The Labute approximate surface area is 99.5 Å². The van der Waals surface area contributed by atoms with E-state index in [0.717, 1.165) is 19.4 Å². The first kappa shape index (κ1) is 13.9. The fraction of sp³-hybridized carbons (Fsp3) is 1.00. The molecule has 0 aliphatic carbocycles. The van der Waals surface area contributed by atoms with Gasteiger partial charge in [0.05, 0.1) is 5.75 Å². The van der Waals surface area contributed by atoms with Crippen molar-refractivity contribution in [3.63, 3.8) is 0 Å². The topological polar surface area (TPSA) is 49.4 Å². The second kappa shape index (κ2) is 5.47. The molecule has 0 aromatic carbocycles. The third-order valence-electron chi connectivity index (χ3n) is 3.55. The molecule has 1 rings (SSSR count). The third-order valence-corrected chi connectivity index (χ3v) is 5.58. The molecule has 2 unspecified atom stereocenters. The minimum Gasteiger partial charge on any atom is -0.313 e. The van der Waals surface area contributed by atoms with Crippen LogP contribution in [0.5, 0.6) is 0 Å². The highest BCUT2D eigenvalue weighted by Crippen LogP contribution is 2.15. The monoisotopic (exact) mass is 248 g/mol. The summed E-state index contributed by atoms with van der Waals surface area (Å²) in [5.74, 6) is 0.580. The Balaban J connectivity index is 2.61.